The van der Waals surface area contributed by atoms with Crippen molar-refractivity contribution in [1.29, 1.82) is 0 Å². The first-order chi connectivity index (χ1) is 8.90. The number of urea groups is 1. The molecule has 0 saturated heterocycles. The number of carboxylic acids is 1. The molecule has 0 unspecified atom stereocenters. The smallest absolute Gasteiger partial charge is 0.322 e. The molecular weight excluding hydrogens is 248 g/mol. The van der Waals surface area contributed by atoms with E-state index in [9.17, 15) is 9.59 Å². The lowest BCUT2D eigenvalue weighted by Gasteiger charge is -2.26. The van der Waals surface area contributed by atoms with Gasteiger partial charge < -0.3 is 15.3 Å². The van der Waals surface area contributed by atoms with Crippen molar-refractivity contribution >= 4 is 17.7 Å². The number of aryl methyl sites for hydroxylation is 1. The lowest BCUT2D eigenvalue weighted by atomic mass is 10.2. The van der Waals surface area contributed by atoms with Crippen molar-refractivity contribution in [3.8, 4) is 0 Å². The Hall–Kier alpha value is -2.05. The second-order valence-corrected chi connectivity index (χ2v) is 4.62. The molecule has 2 N–H and O–H groups in total. The van der Waals surface area contributed by atoms with Gasteiger partial charge in [0, 0.05) is 32.3 Å². The number of aromatic nitrogens is 2. The highest BCUT2D eigenvalue weighted by molar-refractivity contribution is 5.89. The first-order valence-electron chi connectivity index (χ1n) is 6.18. The van der Waals surface area contributed by atoms with E-state index in [0.717, 1.165) is 0 Å². The van der Waals surface area contributed by atoms with E-state index in [1.54, 1.807) is 29.0 Å². The van der Waals surface area contributed by atoms with Crippen LogP contribution in [0.2, 0.25) is 0 Å². The molecule has 0 aliphatic heterocycles. The number of amides is 2. The minimum atomic E-state index is -0.851. The number of carboxylic acid groups (broad SMARTS) is 1. The zero-order valence-electron chi connectivity index (χ0n) is 11.5. The average Bonchev–Trinajstić information content (AvgIpc) is 2.69. The van der Waals surface area contributed by atoms with Crippen LogP contribution in [0.4, 0.5) is 10.5 Å². The lowest BCUT2D eigenvalue weighted by Crippen LogP contribution is -2.40. The number of carbonyl (C=O) groups excluding carboxylic acids is 1. The van der Waals surface area contributed by atoms with Crippen molar-refractivity contribution < 1.29 is 14.7 Å². The quantitative estimate of drug-likeness (QED) is 0.819. The van der Waals surface area contributed by atoms with Crippen LogP contribution in [0, 0.1) is 0 Å². The first kappa shape index (κ1) is 15.0. The van der Waals surface area contributed by atoms with E-state index < -0.39 is 5.97 Å². The van der Waals surface area contributed by atoms with Gasteiger partial charge in [0.15, 0.2) is 0 Å². The zero-order chi connectivity index (χ0) is 14.4. The highest BCUT2D eigenvalue weighted by atomic mass is 16.4. The first-order valence-corrected chi connectivity index (χ1v) is 6.18. The van der Waals surface area contributed by atoms with Crippen LogP contribution in [-0.2, 0) is 11.8 Å². The molecule has 7 nitrogen and oxygen atoms in total. The number of hydrogen-bond acceptors (Lipinski definition) is 3. The van der Waals surface area contributed by atoms with Crippen LogP contribution in [0.25, 0.3) is 0 Å². The Balaban J connectivity index is 2.55. The van der Waals surface area contributed by atoms with E-state index in [4.69, 9.17) is 5.11 Å². The van der Waals surface area contributed by atoms with Gasteiger partial charge in [0.25, 0.3) is 0 Å². The van der Waals surface area contributed by atoms with Crippen LogP contribution in [0.5, 0.6) is 0 Å². The molecule has 0 aromatic carbocycles. The van der Waals surface area contributed by atoms with Crippen LogP contribution >= 0.6 is 0 Å². The van der Waals surface area contributed by atoms with Crippen LogP contribution in [-0.4, -0.2) is 44.4 Å². The predicted octanol–water partition coefficient (Wildman–Crippen LogP) is 1.53. The summed E-state index contributed by atoms with van der Waals surface area (Å²) < 4.78 is 1.60. The highest BCUT2D eigenvalue weighted by Gasteiger charge is 2.17. The Kier molecular flexibility index (Phi) is 5.35. The summed E-state index contributed by atoms with van der Waals surface area (Å²) in [4.78, 5) is 24.2. The Labute approximate surface area is 112 Å². The Morgan fingerprint density at radius 2 is 2.21 bits per heavy atom. The van der Waals surface area contributed by atoms with Crippen molar-refractivity contribution in [2.75, 3.05) is 11.9 Å². The third-order valence-corrected chi connectivity index (χ3v) is 2.63. The maximum absolute atomic E-state index is 12.1. The Morgan fingerprint density at radius 1 is 1.53 bits per heavy atom. The number of hydrogen-bond donors (Lipinski definition) is 2. The van der Waals surface area contributed by atoms with Crippen molar-refractivity contribution in [2.24, 2.45) is 7.05 Å². The summed E-state index contributed by atoms with van der Waals surface area (Å²) >= 11 is 0. The molecule has 0 aliphatic rings. The molecule has 0 aliphatic carbocycles. The second-order valence-electron chi connectivity index (χ2n) is 4.62. The number of nitrogens with one attached hydrogen (secondary N) is 1. The fraction of sp³-hybridized carbons (Fsp3) is 0.583. The molecule has 0 atom stereocenters. The van der Waals surface area contributed by atoms with Gasteiger partial charge in [-0.3, -0.25) is 9.48 Å². The van der Waals surface area contributed by atoms with E-state index in [-0.39, 0.29) is 18.5 Å². The fourth-order valence-electron chi connectivity index (χ4n) is 1.68. The van der Waals surface area contributed by atoms with Gasteiger partial charge in [-0.25, -0.2) is 4.79 Å². The Morgan fingerprint density at radius 3 is 2.68 bits per heavy atom. The molecule has 0 fully saturated rings. The van der Waals surface area contributed by atoms with E-state index in [1.807, 2.05) is 13.8 Å². The van der Waals surface area contributed by atoms with Gasteiger partial charge in [-0.1, -0.05) is 0 Å². The van der Waals surface area contributed by atoms with Gasteiger partial charge in [-0.15, -0.1) is 0 Å². The molecule has 2 amide bonds. The van der Waals surface area contributed by atoms with Gasteiger partial charge >= 0.3 is 12.0 Å². The maximum Gasteiger partial charge on any atom is 0.322 e. The molecular formula is C12H20N4O3. The monoisotopic (exact) mass is 268 g/mol. The van der Waals surface area contributed by atoms with Gasteiger partial charge in [-0.2, -0.15) is 5.10 Å². The van der Waals surface area contributed by atoms with E-state index in [2.05, 4.69) is 10.4 Å². The Bertz CT molecular complexity index is 442. The fourth-order valence-corrected chi connectivity index (χ4v) is 1.68. The lowest BCUT2D eigenvalue weighted by molar-refractivity contribution is -0.137. The topological polar surface area (TPSA) is 87.5 Å². The van der Waals surface area contributed by atoms with Crippen LogP contribution < -0.4 is 5.32 Å². The van der Waals surface area contributed by atoms with E-state index in [1.165, 1.54) is 0 Å². The van der Waals surface area contributed by atoms with Crippen LogP contribution in [0.1, 0.15) is 26.7 Å². The summed E-state index contributed by atoms with van der Waals surface area (Å²) in [5.41, 5.74) is 0.622. The molecule has 1 heterocycles. The minimum Gasteiger partial charge on any atom is -0.481 e. The van der Waals surface area contributed by atoms with Crippen molar-refractivity contribution in [1.82, 2.24) is 14.7 Å². The number of nitrogens with zero attached hydrogens (tertiary/aromatic N) is 3. The number of rotatable bonds is 6. The molecule has 0 radical (unpaired) electrons. The molecule has 106 valence electrons. The molecule has 19 heavy (non-hydrogen) atoms. The van der Waals surface area contributed by atoms with Gasteiger partial charge in [-0.05, 0) is 20.3 Å². The molecule has 7 heteroatoms. The second kappa shape index (κ2) is 6.77. The predicted molar refractivity (Wildman–Crippen MR) is 70.9 cm³/mol. The van der Waals surface area contributed by atoms with Crippen LogP contribution in [0.15, 0.2) is 12.4 Å². The summed E-state index contributed by atoms with van der Waals surface area (Å²) in [5, 5.41) is 15.3. The van der Waals surface area contributed by atoms with Crippen molar-refractivity contribution in [3.63, 3.8) is 0 Å². The zero-order valence-corrected chi connectivity index (χ0v) is 11.5. The third-order valence-electron chi connectivity index (χ3n) is 2.63. The number of carbonyl (C=O) groups is 2. The number of anilines is 1. The molecule has 1 aromatic heterocycles. The summed E-state index contributed by atoms with van der Waals surface area (Å²) in [5.74, 6) is -0.851. The summed E-state index contributed by atoms with van der Waals surface area (Å²) in [7, 11) is 1.77. The summed E-state index contributed by atoms with van der Waals surface area (Å²) in [6, 6.07) is -0.237. The molecule has 1 rings (SSSR count). The standard InChI is InChI=1S/C12H20N4O3/c1-9(2)16(6-4-5-11(17)18)12(19)14-10-7-13-15(3)8-10/h7-9H,4-6H2,1-3H3,(H,14,19)(H,17,18). The summed E-state index contributed by atoms with van der Waals surface area (Å²) in [6.07, 6.45) is 3.76. The van der Waals surface area contributed by atoms with Crippen molar-refractivity contribution in [3.05, 3.63) is 12.4 Å². The largest absolute Gasteiger partial charge is 0.481 e. The number of aliphatic carboxylic acids is 1. The van der Waals surface area contributed by atoms with Gasteiger partial charge in [0.05, 0.1) is 11.9 Å². The van der Waals surface area contributed by atoms with Crippen molar-refractivity contribution in [2.45, 2.75) is 32.7 Å². The van der Waals surface area contributed by atoms with Gasteiger partial charge in [0.1, 0.15) is 0 Å². The molecule has 0 spiro atoms. The summed E-state index contributed by atoms with van der Waals surface area (Å²) in [6.45, 7) is 4.20. The molecule has 0 bridgehead atoms. The SMILES string of the molecule is CC(C)N(CCCC(=O)O)C(=O)Nc1cnn(C)c1. The third kappa shape index (κ3) is 4.99. The van der Waals surface area contributed by atoms with Gasteiger partial charge in [0.2, 0.25) is 0 Å². The normalized spacial score (nSPS) is 10.5. The molecule has 0 saturated carbocycles. The van der Waals surface area contributed by atoms with E-state index in [0.29, 0.717) is 18.7 Å². The highest BCUT2D eigenvalue weighted by Crippen LogP contribution is 2.08. The van der Waals surface area contributed by atoms with E-state index >= 15 is 0 Å². The maximum atomic E-state index is 12.1. The molecule has 1 aromatic rings. The van der Waals surface area contributed by atoms with Crippen LogP contribution in [0.3, 0.4) is 0 Å². The minimum absolute atomic E-state index is 0.00506. The average molecular weight is 268 g/mol.